The molecule has 2 saturated heterocycles. The predicted molar refractivity (Wildman–Crippen MR) is 140 cm³/mol. The van der Waals surface area contributed by atoms with Gasteiger partial charge in [-0.05, 0) is 48.0 Å². The first-order chi connectivity index (χ1) is 19.2. The maximum absolute atomic E-state index is 14.2. The minimum absolute atomic E-state index is 0.178. The van der Waals surface area contributed by atoms with E-state index in [1.807, 2.05) is 24.3 Å². The zero-order chi connectivity index (χ0) is 28.3. The van der Waals surface area contributed by atoms with Crippen LogP contribution in [-0.2, 0) is 15.8 Å². The lowest BCUT2D eigenvalue weighted by Crippen LogP contribution is -2.48. The Labute approximate surface area is 227 Å². The van der Waals surface area contributed by atoms with Crippen molar-refractivity contribution >= 4 is 35.0 Å². The Morgan fingerprint density at radius 2 is 1.57 bits per heavy atom. The van der Waals surface area contributed by atoms with Gasteiger partial charge in [0.05, 0.1) is 43.3 Å². The number of hydrogen-bond donors (Lipinski definition) is 0. The highest BCUT2D eigenvalue weighted by molar-refractivity contribution is 6.25. The van der Waals surface area contributed by atoms with Crippen LogP contribution in [0.3, 0.4) is 0 Å². The molecule has 0 spiro atoms. The van der Waals surface area contributed by atoms with Crippen LogP contribution in [-0.4, -0.2) is 43.9 Å². The van der Waals surface area contributed by atoms with E-state index in [9.17, 15) is 27.6 Å². The number of rotatable bonds is 5. The summed E-state index contributed by atoms with van der Waals surface area (Å²) in [6.45, 7) is 0. The average molecular weight is 549 g/mol. The zero-order valence-corrected chi connectivity index (χ0v) is 21.4. The van der Waals surface area contributed by atoms with E-state index in [-0.39, 0.29) is 11.3 Å². The van der Waals surface area contributed by atoms with Gasteiger partial charge in [0.1, 0.15) is 6.04 Å². The topological polar surface area (TPSA) is 76.2 Å². The van der Waals surface area contributed by atoms with Crippen molar-refractivity contribution in [3.05, 3.63) is 89.5 Å². The molecule has 3 aliphatic rings. The number of Topliss-reactive ketones (excluding diaryl/α,β-unsaturated/α-hetero) is 1. The Kier molecular flexibility index (Phi) is 5.94. The van der Waals surface area contributed by atoms with Crippen LogP contribution in [0.2, 0.25) is 0 Å². The number of methoxy groups -OCH3 is 2. The van der Waals surface area contributed by atoms with Crippen LogP contribution < -0.4 is 19.3 Å². The molecule has 0 bridgehead atoms. The second kappa shape index (κ2) is 9.25. The number of halogens is 3. The highest BCUT2D eigenvalue weighted by Crippen LogP contribution is 2.50. The second-order valence-corrected chi connectivity index (χ2v) is 9.81. The highest BCUT2D eigenvalue weighted by atomic mass is 19.4. The van der Waals surface area contributed by atoms with Gasteiger partial charge in [-0.25, -0.2) is 4.90 Å². The number of ether oxygens (including phenoxy) is 2. The van der Waals surface area contributed by atoms with E-state index in [1.54, 1.807) is 29.2 Å². The lowest BCUT2D eigenvalue weighted by atomic mass is 9.86. The summed E-state index contributed by atoms with van der Waals surface area (Å²) in [6, 6.07) is 14.4. The number of carbonyl (C=O) groups is 3. The summed E-state index contributed by atoms with van der Waals surface area (Å²) in [4.78, 5) is 44.6. The van der Waals surface area contributed by atoms with Gasteiger partial charge in [0, 0.05) is 11.3 Å². The third-order valence-corrected chi connectivity index (χ3v) is 7.78. The van der Waals surface area contributed by atoms with Crippen molar-refractivity contribution in [1.82, 2.24) is 0 Å². The van der Waals surface area contributed by atoms with E-state index in [1.165, 1.54) is 26.4 Å². The maximum Gasteiger partial charge on any atom is 0.416 e. The van der Waals surface area contributed by atoms with E-state index >= 15 is 0 Å². The van der Waals surface area contributed by atoms with Gasteiger partial charge in [0.15, 0.2) is 17.3 Å². The fourth-order valence-electron chi connectivity index (χ4n) is 6.05. The van der Waals surface area contributed by atoms with Crippen molar-refractivity contribution in [3.63, 3.8) is 0 Å². The van der Waals surface area contributed by atoms with Crippen LogP contribution >= 0.6 is 0 Å². The summed E-state index contributed by atoms with van der Waals surface area (Å²) in [6.07, 6.45) is -1.04. The average Bonchev–Trinajstić information content (AvgIpc) is 3.44. The third kappa shape index (κ3) is 3.77. The molecule has 0 N–H and O–H groups in total. The number of para-hydroxylation sites is 1. The first-order valence-electron chi connectivity index (χ1n) is 12.5. The molecule has 3 aromatic rings. The van der Waals surface area contributed by atoms with E-state index in [2.05, 4.69) is 0 Å². The summed E-state index contributed by atoms with van der Waals surface area (Å²) in [5.41, 5.74) is 0.594. The summed E-state index contributed by atoms with van der Waals surface area (Å²) in [5, 5.41) is 0. The smallest absolute Gasteiger partial charge is 0.416 e. The van der Waals surface area contributed by atoms with E-state index in [0.717, 1.165) is 28.7 Å². The van der Waals surface area contributed by atoms with Gasteiger partial charge in [-0.3, -0.25) is 14.4 Å². The molecule has 0 aliphatic carbocycles. The van der Waals surface area contributed by atoms with Crippen molar-refractivity contribution in [3.8, 4) is 11.5 Å². The number of benzene rings is 3. The highest BCUT2D eigenvalue weighted by Gasteiger charge is 2.64. The first-order valence-corrected chi connectivity index (χ1v) is 12.5. The number of amides is 2. The van der Waals surface area contributed by atoms with Crippen molar-refractivity contribution in [1.29, 1.82) is 0 Å². The van der Waals surface area contributed by atoms with Gasteiger partial charge in [0.25, 0.3) is 0 Å². The van der Waals surface area contributed by atoms with E-state index < -0.39 is 53.3 Å². The van der Waals surface area contributed by atoms with E-state index in [4.69, 9.17) is 9.47 Å². The molecule has 7 nitrogen and oxygen atoms in total. The minimum atomic E-state index is -4.66. The number of fused-ring (bicyclic) bond motifs is 5. The van der Waals surface area contributed by atoms with Crippen molar-refractivity contribution < 1.29 is 37.0 Å². The molecule has 0 saturated carbocycles. The van der Waals surface area contributed by atoms with Crippen LogP contribution in [0, 0.1) is 11.8 Å². The SMILES string of the molecule is COc1ccc(C(=O)[C@@H]2[C@@H]3C(=O)N(c4cccc(C(F)(F)F)c4)C(=O)[C@@H]3[C@H]3C=Cc4ccccc4N32)cc1OC. The van der Waals surface area contributed by atoms with Crippen LogP contribution in [0.4, 0.5) is 24.5 Å². The zero-order valence-electron chi connectivity index (χ0n) is 21.4. The molecule has 3 aromatic carbocycles. The van der Waals surface area contributed by atoms with Gasteiger partial charge in [0.2, 0.25) is 11.8 Å². The Hall–Kier alpha value is -4.60. The van der Waals surface area contributed by atoms with Crippen molar-refractivity contribution in [2.24, 2.45) is 11.8 Å². The van der Waals surface area contributed by atoms with Crippen molar-refractivity contribution in [2.75, 3.05) is 24.0 Å². The predicted octanol–water partition coefficient (Wildman–Crippen LogP) is 5.00. The fraction of sp³-hybridized carbons (Fsp3) is 0.233. The van der Waals surface area contributed by atoms with Crippen LogP contribution in [0.25, 0.3) is 6.08 Å². The molecule has 3 aliphatic heterocycles. The number of nitrogens with zero attached hydrogens (tertiary/aromatic N) is 2. The van der Waals surface area contributed by atoms with Gasteiger partial charge in [-0.15, -0.1) is 0 Å². The maximum atomic E-state index is 14.2. The molecule has 0 unspecified atom stereocenters. The number of anilines is 2. The first kappa shape index (κ1) is 25.7. The number of alkyl halides is 3. The van der Waals surface area contributed by atoms with Crippen LogP contribution in [0.5, 0.6) is 11.5 Å². The molecule has 6 rings (SSSR count). The van der Waals surface area contributed by atoms with Gasteiger partial charge < -0.3 is 14.4 Å². The largest absolute Gasteiger partial charge is 0.493 e. The third-order valence-electron chi connectivity index (χ3n) is 7.78. The van der Waals surface area contributed by atoms with Crippen molar-refractivity contribution in [2.45, 2.75) is 18.3 Å². The fourth-order valence-corrected chi connectivity index (χ4v) is 6.05. The molecular weight excluding hydrogens is 525 g/mol. The molecule has 4 atom stereocenters. The summed E-state index contributed by atoms with van der Waals surface area (Å²) in [5.74, 6) is -3.14. The van der Waals surface area contributed by atoms with E-state index in [0.29, 0.717) is 17.2 Å². The molecule has 0 aromatic heterocycles. The normalized spacial score (nSPS) is 23.1. The monoisotopic (exact) mass is 548 g/mol. The molecule has 3 heterocycles. The Morgan fingerprint density at radius 3 is 2.30 bits per heavy atom. The summed E-state index contributed by atoms with van der Waals surface area (Å²) >= 11 is 0. The van der Waals surface area contributed by atoms with Crippen LogP contribution in [0.15, 0.2) is 72.8 Å². The Bertz CT molecular complexity index is 1580. The number of ketones is 1. The quantitative estimate of drug-likeness (QED) is 0.330. The van der Waals surface area contributed by atoms with Gasteiger partial charge >= 0.3 is 6.18 Å². The van der Waals surface area contributed by atoms with Gasteiger partial charge in [-0.1, -0.05) is 36.4 Å². The summed E-state index contributed by atoms with van der Waals surface area (Å²) in [7, 11) is 2.90. The molecule has 10 heteroatoms. The Balaban J connectivity index is 1.48. The molecule has 2 fully saturated rings. The molecule has 204 valence electrons. The number of carbonyl (C=O) groups excluding carboxylic acids is 3. The number of imide groups is 1. The molecule has 2 amide bonds. The van der Waals surface area contributed by atoms with Crippen LogP contribution in [0.1, 0.15) is 21.5 Å². The number of hydrogen-bond acceptors (Lipinski definition) is 6. The standard InChI is InChI=1S/C30H23F3N2O5/c1-39-22-13-11-17(14-23(22)40-2)27(36)26-25-24(21-12-10-16-6-3-4-9-20(16)35(21)26)28(37)34(29(25)38)19-8-5-7-18(15-19)30(31,32)33/h3-15,21,24-26H,1-2H3/t21-,24-,25-,26+/m1/s1. The summed E-state index contributed by atoms with van der Waals surface area (Å²) < 4.78 is 51.0. The second-order valence-electron chi connectivity index (χ2n) is 9.81. The lowest BCUT2D eigenvalue weighted by molar-refractivity contribution is -0.137. The molecular formula is C30H23F3N2O5. The Morgan fingerprint density at radius 1 is 0.850 bits per heavy atom. The minimum Gasteiger partial charge on any atom is -0.493 e. The van der Waals surface area contributed by atoms with Gasteiger partial charge in [-0.2, -0.15) is 13.2 Å². The molecule has 0 radical (unpaired) electrons. The lowest BCUT2D eigenvalue weighted by Gasteiger charge is -2.36. The molecule has 40 heavy (non-hydrogen) atoms.